The molecular weight excluding hydrogens is 202 g/mol. The number of nitrogens with one attached hydrogen (secondary N) is 2. The van der Waals surface area contributed by atoms with Crippen LogP contribution in [0.3, 0.4) is 0 Å². The van der Waals surface area contributed by atoms with Crippen LogP contribution in [0.2, 0.25) is 0 Å². The summed E-state index contributed by atoms with van der Waals surface area (Å²) < 4.78 is 1.77. The van der Waals surface area contributed by atoms with Crippen molar-refractivity contribution in [3.63, 3.8) is 0 Å². The predicted molar refractivity (Wildman–Crippen MR) is 54.7 cm³/mol. The first-order chi connectivity index (χ1) is 6.56. The van der Waals surface area contributed by atoms with Crippen LogP contribution in [0.15, 0.2) is 17.1 Å². The summed E-state index contributed by atoms with van der Waals surface area (Å²) in [5.41, 5.74) is -0.268. The third kappa shape index (κ3) is 2.08. The summed E-state index contributed by atoms with van der Waals surface area (Å²) >= 11 is 4.91. The maximum atomic E-state index is 11.3. The van der Waals surface area contributed by atoms with Crippen LogP contribution >= 0.6 is 12.2 Å². The first-order valence-electron chi connectivity index (χ1n) is 4.09. The molecule has 2 N–H and O–H groups in total. The molecule has 1 unspecified atom stereocenters. The van der Waals surface area contributed by atoms with Gasteiger partial charge in [-0.1, -0.05) is 0 Å². The summed E-state index contributed by atoms with van der Waals surface area (Å²) in [4.78, 5) is 24.6. The highest BCUT2D eigenvalue weighted by atomic mass is 32.1. The fraction of sp³-hybridized carbons (Fsp3) is 0.375. The molecule has 0 spiro atoms. The molecule has 1 aromatic rings. The van der Waals surface area contributed by atoms with Crippen LogP contribution in [-0.4, -0.2) is 22.5 Å². The Kier molecular flexibility index (Phi) is 3.19. The number of nitrogens with zero attached hydrogens (tertiary/aromatic N) is 1. The maximum absolute atomic E-state index is 11.3. The number of hydrogen-bond acceptors (Lipinski definition) is 3. The van der Waals surface area contributed by atoms with Crippen molar-refractivity contribution in [3.05, 3.63) is 27.4 Å². The fourth-order valence-electron chi connectivity index (χ4n) is 1.07. The molecule has 0 aliphatic carbocycles. The smallest absolute Gasteiger partial charge is 0.251 e. The van der Waals surface area contributed by atoms with E-state index in [9.17, 15) is 9.59 Å². The van der Waals surface area contributed by atoms with Gasteiger partial charge in [0.25, 0.3) is 5.56 Å². The molecular formula is C8H11N3O2S. The lowest BCUT2D eigenvalue weighted by Crippen LogP contribution is -2.29. The second-order valence-corrected chi connectivity index (χ2v) is 3.19. The molecule has 1 heterocycles. The molecule has 0 saturated carbocycles. The third-order valence-electron chi connectivity index (χ3n) is 1.89. The lowest BCUT2D eigenvalue weighted by molar-refractivity contribution is -0.123. The zero-order chi connectivity index (χ0) is 10.7. The third-order valence-corrected chi connectivity index (χ3v) is 2.21. The van der Waals surface area contributed by atoms with E-state index < -0.39 is 6.04 Å². The average molecular weight is 213 g/mol. The minimum atomic E-state index is -0.427. The quantitative estimate of drug-likeness (QED) is 0.690. The number of amides is 1. The number of carbonyl (C=O) groups excluding carboxylic acids is 1. The van der Waals surface area contributed by atoms with E-state index in [1.807, 2.05) is 0 Å². The highest BCUT2D eigenvalue weighted by Gasteiger charge is 2.12. The number of aromatic nitrogens is 2. The molecule has 1 rings (SSSR count). The number of aromatic amines is 1. The van der Waals surface area contributed by atoms with Crippen LogP contribution in [0.25, 0.3) is 0 Å². The van der Waals surface area contributed by atoms with Crippen molar-refractivity contribution in [2.24, 2.45) is 0 Å². The lowest BCUT2D eigenvalue weighted by Gasteiger charge is -2.13. The van der Waals surface area contributed by atoms with Crippen molar-refractivity contribution in [1.82, 2.24) is 14.9 Å². The van der Waals surface area contributed by atoms with E-state index in [-0.39, 0.29) is 16.2 Å². The van der Waals surface area contributed by atoms with E-state index in [0.717, 1.165) is 0 Å². The van der Waals surface area contributed by atoms with Gasteiger partial charge in [0.1, 0.15) is 6.04 Å². The monoisotopic (exact) mass is 213 g/mol. The summed E-state index contributed by atoms with van der Waals surface area (Å²) in [5, 5.41) is 2.51. The zero-order valence-electron chi connectivity index (χ0n) is 7.90. The van der Waals surface area contributed by atoms with Crippen LogP contribution in [0.5, 0.6) is 0 Å². The molecule has 0 radical (unpaired) electrons. The second-order valence-electron chi connectivity index (χ2n) is 2.81. The van der Waals surface area contributed by atoms with Crippen LogP contribution < -0.4 is 10.9 Å². The molecule has 14 heavy (non-hydrogen) atoms. The SMILES string of the molecule is CNC(=O)C(C)n1ccc(=O)[nH]c1=S. The summed E-state index contributed by atoms with van der Waals surface area (Å²) in [6.45, 7) is 1.70. The van der Waals surface area contributed by atoms with E-state index in [1.54, 1.807) is 14.0 Å². The van der Waals surface area contributed by atoms with Gasteiger partial charge < -0.3 is 9.88 Å². The van der Waals surface area contributed by atoms with Gasteiger partial charge in [-0.25, -0.2) is 0 Å². The summed E-state index contributed by atoms with van der Waals surface area (Å²) in [6, 6.07) is 0.902. The van der Waals surface area contributed by atoms with Crippen molar-refractivity contribution < 1.29 is 4.79 Å². The number of rotatable bonds is 2. The Bertz CT molecular complexity index is 448. The van der Waals surface area contributed by atoms with E-state index in [4.69, 9.17) is 12.2 Å². The fourth-order valence-corrected chi connectivity index (χ4v) is 1.39. The van der Waals surface area contributed by atoms with Crippen molar-refractivity contribution in [2.45, 2.75) is 13.0 Å². The Morgan fingerprint density at radius 1 is 1.71 bits per heavy atom. The molecule has 0 aliphatic heterocycles. The van der Waals surface area contributed by atoms with Gasteiger partial charge in [0.15, 0.2) is 4.77 Å². The molecule has 6 heteroatoms. The second kappa shape index (κ2) is 4.19. The van der Waals surface area contributed by atoms with E-state index in [2.05, 4.69) is 10.3 Å². The molecule has 1 aromatic heterocycles. The molecule has 0 fully saturated rings. The zero-order valence-corrected chi connectivity index (χ0v) is 8.72. The Morgan fingerprint density at radius 3 is 2.86 bits per heavy atom. The van der Waals surface area contributed by atoms with Gasteiger partial charge in [-0.15, -0.1) is 0 Å². The average Bonchev–Trinajstić information content (AvgIpc) is 2.15. The normalized spacial score (nSPS) is 12.1. The topological polar surface area (TPSA) is 66.9 Å². The molecule has 0 aliphatic rings. The van der Waals surface area contributed by atoms with Gasteiger partial charge in [-0.05, 0) is 19.1 Å². The lowest BCUT2D eigenvalue weighted by atomic mass is 10.3. The van der Waals surface area contributed by atoms with E-state index in [0.29, 0.717) is 0 Å². The van der Waals surface area contributed by atoms with E-state index >= 15 is 0 Å². The molecule has 1 atom stereocenters. The van der Waals surface area contributed by atoms with Crippen LogP contribution in [-0.2, 0) is 4.79 Å². The Hall–Kier alpha value is -1.43. The van der Waals surface area contributed by atoms with Crippen LogP contribution in [0.1, 0.15) is 13.0 Å². The minimum absolute atomic E-state index is 0.159. The van der Waals surface area contributed by atoms with E-state index in [1.165, 1.54) is 16.8 Å². The van der Waals surface area contributed by atoms with Crippen LogP contribution in [0, 0.1) is 4.77 Å². The van der Waals surface area contributed by atoms with Gasteiger partial charge in [0.05, 0.1) is 0 Å². The molecule has 5 nitrogen and oxygen atoms in total. The predicted octanol–water partition coefficient (Wildman–Crippen LogP) is 0.213. The van der Waals surface area contributed by atoms with Gasteiger partial charge in [-0.3, -0.25) is 14.6 Å². The van der Waals surface area contributed by atoms with Crippen molar-refractivity contribution in [3.8, 4) is 0 Å². The standard InChI is InChI=1S/C8H11N3O2S/c1-5(7(13)9-2)11-4-3-6(12)10-8(11)14/h3-5H,1-2H3,(H,9,13)(H,10,12,14). The number of hydrogen-bond donors (Lipinski definition) is 2. The molecule has 1 amide bonds. The van der Waals surface area contributed by atoms with Gasteiger partial charge >= 0.3 is 0 Å². The first-order valence-corrected chi connectivity index (χ1v) is 4.50. The van der Waals surface area contributed by atoms with Crippen LogP contribution in [0.4, 0.5) is 0 Å². The van der Waals surface area contributed by atoms with Gasteiger partial charge in [0, 0.05) is 19.3 Å². The van der Waals surface area contributed by atoms with Crippen molar-refractivity contribution in [2.75, 3.05) is 7.05 Å². The molecule has 76 valence electrons. The van der Waals surface area contributed by atoms with Gasteiger partial charge in [0.2, 0.25) is 5.91 Å². The Labute approximate surface area is 85.8 Å². The summed E-state index contributed by atoms with van der Waals surface area (Å²) in [6.07, 6.45) is 1.50. The number of likely N-dealkylation sites (N-methyl/N-ethyl adjacent to an activating group) is 1. The highest BCUT2D eigenvalue weighted by Crippen LogP contribution is 2.03. The minimum Gasteiger partial charge on any atom is -0.357 e. The Morgan fingerprint density at radius 2 is 2.36 bits per heavy atom. The van der Waals surface area contributed by atoms with Crippen molar-refractivity contribution in [1.29, 1.82) is 0 Å². The first kappa shape index (κ1) is 10.6. The molecule has 0 bridgehead atoms. The summed E-state index contributed by atoms with van der Waals surface area (Å²) in [5.74, 6) is -0.159. The molecule has 0 aromatic carbocycles. The molecule has 0 saturated heterocycles. The number of H-pyrrole nitrogens is 1. The summed E-state index contributed by atoms with van der Waals surface area (Å²) in [7, 11) is 1.55. The Balaban J connectivity index is 3.14. The van der Waals surface area contributed by atoms with Gasteiger partial charge in [-0.2, -0.15) is 0 Å². The number of carbonyl (C=O) groups is 1. The van der Waals surface area contributed by atoms with Crippen molar-refractivity contribution >= 4 is 18.1 Å². The maximum Gasteiger partial charge on any atom is 0.251 e. The largest absolute Gasteiger partial charge is 0.357 e. The highest BCUT2D eigenvalue weighted by molar-refractivity contribution is 7.71.